The summed E-state index contributed by atoms with van der Waals surface area (Å²) in [4.78, 5) is 10.2. The van der Waals surface area contributed by atoms with E-state index < -0.39 is 4.92 Å². The Bertz CT molecular complexity index is 1160. The fourth-order valence-electron chi connectivity index (χ4n) is 2.93. The van der Waals surface area contributed by atoms with Crippen LogP contribution >= 0.6 is 0 Å². The standard InChI is InChI=1S/C10H12N4O2.C10H14N4/c1-6(2)11-10-8-4-3-7(14(15)16)5-9(8)12-13-10;1-6(2)12-10-8-4-3-7(11)5-9(8)13-14-10/h3-6H,1-2H3,(H2,11,12,13);3-6H,11H2,1-2H3,(H2,12,13,14). The summed E-state index contributed by atoms with van der Waals surface area (Å²) in [5.74, 6) is 1.61. The molecule has 0 saturated heterocycles. The number of benzene rings is 2. The molecule has 0 saturated carbocycles. The van der Waals surface area contributed by atoms with Crippen LogP contribution in [0.2, 0.25) is 0 Å². The van der Waals surface area contributed by atoms with Gasteiger partial charge in [-0.15, -0.1) is 0 Å². The maximum atomic E-state index is 10.6. The summed E-state index contributed by atoms with van der Waals surface area (Å²) in [6, 6.07) is 11.0. The van der Waals surface area contributed by atoms with Gasteiger partial charge in [0.2, 0.25) is 0 Å². The third kappa shape index (κ3) is 4.77. The Hall–Kier alpha value is -3.82. The number of nitrogen functional groups attached to an aromatic ring is 1. The molecule has 0 amide bonds. The van der Waals surface area contributed by atoms with Gasteiger partial charge in [-0.05, 0) is 52.0 Å². The Labute approximate surface area is 173 Å². The number of nitrogens with one attached hydrogen (secondary N) is 4. The number of hydrogen-bond donors (Lipinski definition) is 5. The van der Waals surface area contributed by atoms with Crippen LogP contribution in [0.4, 0.5) is 23.0 Å². The van der Waals surface area contributed by atoms with Gasteiger partial charge in [0, 0.05) is 40.7 Å². The summed E-state index contributed by atoms with van der Waals surface area (Å²) in [5.41, 5.74) is 8.11. The number of hydrogen-bond acceptors (Lipinski definition) is 7. The average molecular weight is 410 g/mol. The van der Waals surface area contributed by atoms with E-state index in [0.29, 0.717) is 11.6 Å². The molecule has 30 heavy (non-hydrogen) atoms. The van der Waals surface area contributed by atoms with Crippen molar-refractivity contribution < 1.29 is 4.92 Å². The minimum atomic E-state index is -0.421. The molecule has 0 unspecified atom stereocenters. The van der Waals surface area contributed by atoms with E-state index in [1.165, 1.54) is 12.1 Å². The molecule has 0 bridgehead atoms. The zero-order valence-electron chi connectivity index (χ0n) is 17.4. The van der Waals surface area contributed by atoms with E-state index in [1.807, 2.05) is 32.0 Å². The van der Waals surface area contributed by atoms with Gasteiger partial charge in [0.05, 0.1) is 16.0 Å². The maximum Gasteiger partial charge on any atom is 0.271 e. The molecule has 0 spiro atoms. The van der Waals surface area contributed by atoms with Crippen molar-refractivity contribution in [1.29, 1.82) is 0 Å². The van der Waals surface area contributed by atoms with E-state index in [4.69, 9.17) is 5.73 Å². The Morgan fingerprint density at radius 2 is 1.40 bits per heavy atom. The minimum absolute atomic E-state index is 0.0623. The van der Waals surface area contributed by atoms with Crippen LogP contribution in [0.5, 0.6) is 0 Å². The predicted octanol–water partition coefficient (Wildman–Crippen LogP) is 4.26. The second kappa shape index (κ2) is 8.68. The molecule has 0 fully saturated rings. The third-order valence-corrected chi connectivity index (χ3v) is 4.19. The van der Waals surface area contributed by atoms with Crippen LogP contribution in [-0.2, 0) is 0 Å². The highest BCUT2D eigenvalue weighted by Crippen LogP contribution is 2.25. The first kappa shape index (κ1) is 20.9. The van der Waals surface area contributed by atoms with Gasteiger partial charge in [0.15, 0.2) is 11.6 Å². The summed E-state index contributed by atoms with van der Waals surface area (Å²) in [6.07, 6.45) is 0. The highest BCUT2D eigenvalue weighted by atomic mass is 16.6. The monoisotopic (exact) mass is 410 g/mol. The van der Waals surface area contributed by atoms with Crippen LogP contribution in [0.1, 0.15) is 27.7 Å². The first-order valence-corrected chi connectivity index (χ1v) is 9.63. The quantitative estimate of drug-likeness (QED) is 0.187. The molecule has 2 aromatic heterocycles. The van der Waals surface area contributed by atoms with Crippen molar-refractivity contribution in [1.82, 2.24) is 20.4 Å². The van der Waals surface area contributed by atoms with Gasteiger partial charge >= 0.3 is 0 Å². The first-order valence-electron chi connectivity index (χ1n) is 9.63. The highest BCUT2D eigenvalue weighted by Gasteiger charge is 2.11. The molecule has 2 heterocycles. The predicted molar refractivity (Wildman–Crippen MR) is 121 cm³/mol. The number of nitro benzene ring substituents is 1. The molecule has 6 N–H and O–H groups in total. The molecule has 10 nitrogen and oxygen atoms in total. The van der Waals surface area contributed by atoms with Crippen LogP contribution in [0.3, 0.4) is 0 Å². The second-order valence-electron chi connectivity index (χ2n) is 7.53. The number of anilines is 3. The number of nitrogens with zero attached hydrogens (tertiary/aromatic N) is 3. The largest absolute Gasteiger partial charge is 0.399 e. The van der Waals surface area contributed by atoms with E-state index in [2.05, 4.69) is 44.9 Å². The lowest BCUT2D eigenvalue weighted by molar-refractivity contribution is -0.384. The molecule has 4 aromatic rings. The Balaban J connectivity index is 0.000000172. The molecule has 158 valence electrons. The second-order valence-corrected chi connectivity index (χ2v) is 7.53. The number of rotatable bonds is 5. The average Bonchev–Trinajstić information content (AvgIpc) is 3.25. The maximum absolute atomic E-state index is 10.6. The molecular weight excluding hydrogens is 384 g/mol. The molecule has 10 heteroatoms. The van der Waals surface area contributed by atoms with Gasteiger partial charge in [-0.1, -0.05) is 0 Å². The summed E-state index contributed by atoms with van der Waals surface area (Å²) in [5, 5.41) is 32.9. The van der Waals surface area contributed by atoms with Crippen molar-refractivity contribution in [2.75, 3.05) is 16.4 Å². The number of fused-ring (bicyclic) bond motifs is 2. The normalized spacial score (nSPS) is 11.0. The van der Waals surface area contributed by atoms with Crippen LogP contribution in [0, 0.1) is 10.1 Å². The number of non-ortho nitro benzene ring substituents is 1. The van der Waals surface area contributed by atoms with Gasteiger partial charge in [-0.25, -0.2) is 0 Å². The molecule has 0 atom stereocenters. The zero-order chi connectivity index (χ0) is 21.8. The van der Waals surface area contributed by atoms with E-state index >= 15 is 0 Å². The van der Waals surface area contributed by atoms with Crippen molar-refractivity contribution >= 4 is 44.8 Å². The summed E-state index contributed by atoms with van der Waals surface area (Å²) in [6.45, 7) is 8.17. The van der Waals surface area contributed by atoms with Gasteiger partial charge < -0.3 is 16.4 Å². The number of aromatic amines is 2. The third-order valence-electron chi connectivity index (χ3n) is 4.19. The van der Waals surface area contributed by atoms with E-state index in [9.17, 15) is 10.1 Å². The van der Waals surface area contributed by atoms with Crippen molar-refractivity contribution in [2.24, 2.45) is 0 Å². The lowest BCUT2D eigenvalue weighted by Gasteiger charge is -2.06. The minimum Gasteiger partial charge on any atom is -0.399 e. The summed E-state index contributed by atoms with van der Waals surface area (Å²) >= 11 is 0. The number of H-pyrrole nitrogens is 2. The van der Waals surface area contributed by atoms with Crippen LogP contribution in [0.25, 0.3) is 21.8 Å². The molecule has 4 rings (SSSR count). The van der Waals surface area contributed by atoms with Crippen LogP contribution < -0.4 is 16.4 Å². The molecule has 2 aromatic carbocycles. The Kier molecular flexibility index (Phi) is 6.05. The van der Waals surface area contributed by atoms with Crippen molar-refractivity contribution in [3.05, 3.63) is 46.5 Å². The number of aromatic nitrogens is 4. The van der Waals surface area contributed by atoms with Crippen molar-refractivity contribution in [3.8, 4) is 0 Å². The van der Waals surface area contributed by atoms with Gasteiger partial charge in [0.1, 0.15) is 0 Å². The Morgan fingerprint density at radius 1 is 0.900 bits per heavy atom. The lowest BCUT2D eigenvalue weighted by atomic mass is 10.2. The molecular formula is C20H26N8O2. The lowest BCUT2D eigenvalue weighted by Crippen LogP contribution is -2.09. The summed E-state index contributed by atoms with van der Waals surface area (Å²) < 4.78 is 0. The fourth-order valence-corrected chi connectivity index (χ4v) is 2.93. The SMILES string of the molecule is CC(C)Nc1n[nH]c2cc(N)ccc12.CC(C)Nc1n[nH]c2cc([N+](=O)[O-])ccc12. The van der Waals surface area contributed by atoms with Crippen molar-refractivity contribution in [2.45, 2.75) is 39.8 Å². The molecule has 0 aliphatic heterocycles. The van der Waals surface area contributed by atoms with E-state index in [0.717, 1.165) is 33.6 Å². The highest BCUT2D eigenvalue weighted by molar-refractivity contribution is 5.92. The summed E-state index contributed by atoms with van der Waals surface area (Å²) in [7, 11) is 0. The Morgan fingerprint density at radius 3 is 1.90 bits per heavy atom. The van der Waals surface area contributed by atoms with Crippen LogP contribution in [0.15, 0.2) is 36.4 Å². The molecule has 0 aliphatic carbocycles. The number of nitrogens with two attached hydrogens (primary N) is 1. The fraction of sp³-hybridized carbons (Fsp3) is 0.300. The van der Waals surface area contributed by atoms with Crippen LogP contribution in [-0.4, -0.2) is 37.4 Å². The smallest absolute Gasteiger partial charge is 0.271 e. The van der Waals surface area contributed by atoms with E-state index in [-0.39, 0.29) is 11.7 Å². The zero-order valence-corrected chi connectivity index (χ0v) is 17.4. The van der Waals surface area contributed by atoms with Gasteiger partial charge in [-0.2, -0.15) is 10.2 Å². The molecule has 0 aliphatic rings. The van der Waals surface area contributed by atoms with Gasteiger partial charge in [-0.3, -0.25) is 20.3 Å². The first-order chi connectivity index (χ1) is 14.2. The van der Waals surface area contributed by atoms with Gasteiger partial charge in [0.25, 0.3) is 5.69 Å². The topological polar surface area (TPSA) is 151 Å². The molecule has 0 radical (unpaired) electrons. The number of nitro groups is 1. The van der Waals surface area contributed by atoms with E-state index in [1.54, 1.807) is 6.07 Å². The van der Waals surface area contributed by atoms with Crippen molar-refractivity contribution in [3.63, 3.8) is 0 Å².